The fourth-order valence-corrected chi connectivity index (χ4v) is 3.82. The topological polar surface area (TPSA) is 60.2 Å². The predicted octanol–water partition coefficient (Wildman–Crippen LogP) is 3.31. The van der Waals surface area contributed by atoms with Crippen LogP contribution in [0.3, 0.4) is 0 Å². The Kier molecular flexibility index (Phi) is 3.96. The molecule has 0 saturated carbocycles. The maximum absolute atomic E-state index is 12.4. The summed E-state index contributed by atoms with van der Waals surface area (Å²) in [7, 11) is -3.43. The summed E-state index contributed by atoms with van der Waals surface area (Å²) < 4.78 is 25.5. The van der Waals surface area contributed by atoms with E-state index in [1.807, 2.05) is 31.2 Å². The molecule has 100 valence electrons. The van der Waals surface area contributed by atoms with Crippen LogP contribution in [0.25, 0.3) is 0 Å². The molecule has 2 aromatic rings. The molecule has 0 heterocycles. The minimum atomic E-state index is -3.43. The quantitative estimate of drug-likeness (QED) is 0.872. The number of hydrogen-bond donors (Lipinski definition) is 1. The molecule has 0 aliphatic rings. The summed E-state index contributed by atoms with van der Waals surface area (Å²) >= 11 is 3.27. The molecule has 3 nitrogen and oxygen atoms in total. The van der Waals surface area contributed by atoms with Crippen molar-refractivity contribution in [2.45, 2.75) is 17.6 Å². The van der Waals surface area contributed by atoms with Crippen LogP contribution in [0.5, 0.6) is 0 Å². The Balaban J connectivity index is 2.41. The van der Waals surface area contributed by atoms with Crippen molar-refractivity contribution in [1.82, 2.24) is 0 Å². The fraction of sp³-hybridized carbons (Fsp3) is 0.143. The fourth-order valence-electron chi connectivity index (χ4n) is 1.86. The molecular weight excluding hydrogens is 326 g/mol. The van der Waals surface area contributed by atoms with E-state index in [0.29, 0.717) is 0 Å². The van der Waals surface area contributed by atoms with E-state index in [9.17, 15) is 8.42 Å². The lowest BCUT2D eigenvalue weighted by atomic mass is 10.1. The average Bonchev–Trinajstić information content (AvgIpc) is 2.31. The van der Waals surface area contributed by atoms with Gasteiger partial charge in [-0.05, 0) is 36.2 Å². The third kappa shape index (κ3) is 3.16. The van der Waals surface area contributed by atoms with E-state index in [-0.39, 0.29) is 16.3 Å². The second-order valence-corrected chi connectivity index (χ2v) is 7.24. The van der Waals surface area contributed by atoms with Gasteiger partial charge in [0.2, 0.25) is 0 Å². The van der Waals surface area contributed by atoms with Crippen LogP contribution in [0.4, 0.5) is 5.69 Å². The molecule has 0 spiro atoms. The largest absolute Gasteiger partial charge is 0.398 e. The summed E-state index contributed by atoms with van der Waals surface area (Å²) in [5.74, 6) is -0.0362. The molecule has 0 unspecified atom stereocenters. The number of halogens is 1. The first-order chi connectivity index (χ1) is 8.90. The Bertz CT molecular complexity index is 711. The molecule has 2 rings (SSSR count). The Hall–Kier alpha value is -1.33. The third-order valence-electron chi connectivity index (χ3n) is 2.91. The summed E-state index contributed by atoms with van der Waals surface area (Å²) in [6.45, 7) is 1.90. The number of hydrogen-bond acceptors (Lipinski definition) is 3. The van der Waals surface area contributed by atoms with Crippen LogP contribution in [0.2, 0.25) is 0 Å². The van der Waals surface area contributed by atoms with Gasteiger partial charge in [-0.2, -0.15) is 0 Å². The van der Waals surface area contributed by atoms with Gasteiger partial charge in [-0.1, -0.05) is 40.2 Å². The first-order valence-electron chi connectivity index (χ1n) is 5.72. The van der Waals surface area contributed by atoms with Gasteiger partial charge < -0.3 is 5.73 Å². The van der Waals surface area contributed by atoms with Gasteiger partial charge in [-0.3, -0.25) is 0 Å². The van der Waals surface area contributed by atoms with E-state index in [2.05, 4.69) is 15.9 Å². The lowest BCUT2D eigenvalue weighted by Crippen LogP contribution is -2.08. The molecular formula is C14H14BrNO2S. The first kappa shape index (κ1) is 14.1. The summed E-state index contributed by atoms with van der Waals surface area (Å²) in [6, 6.07) is 12.3. The van der Waals surface area contributed by atoms with Crippen molar-refractivity contribution in [3.8, 4) is 0 Å². The molecule has 5 heteroatoms. The first-order valence-corrected chi connectivity index (χ1v) is 8.17. The molecule has 0 saturated heterocycles. The molecule has 0 radical (unpaired) electrons. The van der Waals surface area contributed by atoms with E-state index in [1.165, 1.54) is 6.07 Å². The second-order valence-electron chi connectivity index (χ2n) is 4.37. The number of aryl methyl sites for hydroxylation is 1. The average molecular weight is 340 g/mol. The van der Waals surface area contributed by atoms with Gasteiger partial charge in [0.05, 0.1) is 16.3 Å². The van der Waals surface area contributed by atoms with E-state index < -0.39 is 9.84 Å². The summed E-state index contributed by atoms with van der Waals surface area (Å²) in [5.41, 5.74) is 7.81. The number of benzene rings is 2. The molecule has 19 heavy (non-hydrogen) atoms. The maximum Gasteiger partial charge on any atom is 0.184 e. The second kappa shape index (κ2) is 5.35. The lowest BCUT2D eigenvalue weighted by molar-refractivity contribution is 0.595. The highest BCUT2D eigenvalue weighted by atomic mass is 79.9. The number of nitrogens with two attached hydrogens (primary N) is 1. The smallest absolute Gasteiger partial charge is 0.184 e. The standard InChI is InChI=1S/C14H14BrNO2S/c1-10-4-2-3-5-11(10)9-19(17,18)14-7-6-12(15)8-13(14)16/h2-8H,9,16H2,1H3. The Morgan fingerprint density at radius 3 is 2.47 bits per heavy atom. The zero-order chi connectivity index (χ0) is 14.0. The predicted molar refractivity (Wildman–Crippen MR) is 80.6 cm³/mol. The molecule has 2 N–H and O–H groups in total. The van der Waals surface area contributed by atoms with Gasteiger partial charge in [-0.25, -0.2) is 8.42 Å². The van der Waals surface area contributed by atoms with Crippen LogP contribution in [-0.4, -0.2) is 8.42 Å². The van der Waals surface area contributed by atoms with Crippen molar-refractivity contribution in [2.24, 2.45) is 0 Å². The van der Waals surface area contributed by atoms with Gasteiger partial charge in [0, 0.05) is 4.47 Å². The lowest BCUT2D eigenvalue weighted by Gasteiger charge is -2.09. The number of anilines is 1. The molecule has 0 aromatic heterocycles. The Morgan fingerprint density at radius 2 is 1.84 bits per heavy atom. The van der Waals surface area contributed by atoms with E-state index in [1.54, 1.807) is 12.1 Å². The van der Waals surface area contributed by atoms with Gasteiger partial charge >= 0.3 is 0 Å². The highest BCUT2D eigenvalue weighted by Gasteiger charge is 2.19. The zero-order valence-corrected chi connectivity index (χ0v) is 12.8. The zero-order valence-electron chi connectivity index (χ0n) is 10.4. The van der Waals surface area contributed by atoms with Gasteiger partial charge in [0.25, 0.3) is 0 Å². The van der Waals surface area contributed by atoms with Gasteiger partial charge in [-0.15, -0.1) is 0 Å². The summed E-state index contributed by atoms with van der Waals surface area (Å²) in [5, 5.41) is 0. The van der Waals surface area contributed by atoms with Crippen molar-refractivity contribution in [3.05, 3.63) is 58.1 Å². The van der Waals surface area contributed by atoms with Crippen LogP contribution in [0, 0.1) is 6.92 Å². The number of rotatable bonds is 3. The van der Waals surface area contributed by atoms with Crippen LogP contribution in [-0.2, 0) is 15.6 Å². The number of sulfone groups is 1. The van der Waals surface area contributed by atoms with Crippen LogP contribution in [0.15, 0.2) is 51.8 Å². The minimum absolute atomic E-state index is 0.0362. The molecule has 0 fully saturated rings. The molecule has 2 aromatic carbocycles. The van der Waals surface area contributed by atoms with Crippen molar-refractivity contribution in [1.29, 1.82) is 0 Å². The molecule has 0 aliphatic heterocycles. The van der Waals surface area contributed by atoms with Crippen LogP contribution < -0.4 is 5.73 Å². The van der Waals surface area contributed by atoms with E-state index >= 15 is 0 Å². The SMILES string of the molecule is Cc1ccccc1CS(=O)(=O)c1ccc(Br)cc1N. The molecule has 0 atom stereocenters. The van der Waals surface area contributed by atoms with Crippen molar-refractivity contribution in [2.75, 3.05) is 5.73 Å². The highest BCUT2D eigenvalue weighted by molar-refractivity contribution is 9.10. The van der Waals surface area contributed by atoms with Crippen LogP contribution in [0.1, 0.15) is 11.1 Å². The minimum Gasteiger partial charge on any atom is -0.398 e. The van der Waals surface area contributed by atoms with Crippen molar-refractivity contribution in [3.63, 3.8) is 0 Å². The Morgan fingerprint density at radius 1 is 1.16 bits per heavy atom. The highest BCUT2D eigenvalue weighted by Crippen LogP contribution is 2.26. The monoisotopic (exact) mass is 339 g/mol. The van der Waals surface area contributed by atoms with Gasteiger partial charge in [0.1, 0.15) is 0 Å². The van der Waals surface area contributed by atoms with Crippen molar-refractivity contribution >= 4 is 31.5 Å². The number of nitrogen functional groups attached to an aromatic ring is 1. The van der Waals surface area contributed by atoms with E-state index in [4.69, 9.17) is 5.73 Å². The molecule has 0 aliphatic carbocycles. The van der Waals surface area contributed by atoms with Gasteiger partial charge in [0.15, 0.2) is 9.84 Å². The van der Waals surface area contributed by atoms with Crippen LogP contribution >= 0.6 is 15.9 Å². The Labute approximate surface area is 121 Å². The normalized spacial score (nSPS) is 11.5. The third-order valence-corrected chi connectivity index (χ3v) is 5.14. The summed E-state index contributed by atoms with van der Waals surface area (Å²) in [4.78, 5) is 0.180. The molecule has 0 amide bonds. The van der Waals surface area contributed by atoms with E-state index in [0.717, 1.165) is 15.6 Å². The summed E-state index contributed by atoms with van der Waals surface area (Å²) in [6.07, 6.45) is 0. The maximum atomic E-state index is 12.4. The molecule has 0 bridgehead atoms. The van der Waals surface area contributed by atoms with Crippen molar-refractivity contribution < 1.29 is 8.42 Å².